The summed E-state index contributed by atoms with van der Waals surface area (Å²) in [6.45, 7) is 8.01. The molecule has 5 nitrogen and oxygen atoms in total. The molecular weight excluding hydrogens is 250 g/mol. The van der Waals surface area contributed by atoms with Crippen molar-refractivity contribution in [2.45, 2.75) is 27.7 Å². The molecule has 0 bridgehead atoms. The molecule has 3 aromatic heterocycles. The standard InChI is InChI=1S/C15H17N5/c1-10-8-12(3)19(17-10)14-6-5-7-15(16-14)20-13(4)9-11(2)18-20/h5-9H,1-4H3. The first-order valence-electron chi connectivity index (χ1n) is 6.59. The van der Waals surface area contributed by atoms with Gasteiger partial charge in [-0.2, -0.15) is 10.2 Å². The Labute approximate surface area is 117 Å². The first-order valence-corrected chi connectivity index (χ1v) is 6.59. The molecule has 0 aromatic carbocycles. The van der Waals surface area contributed by atoms with Gasteiger partial charge in [-0.05, 0) is 52.0 Å². The highest BCUT2D eigenvalue weighted by Crippen LogP contribution is 2.14. The number of rotatable bonds is 2. The van der Waals surface area contributed by atoms with Crippen molar-refractivity contribution < 1.29 is 0 Å². The molecule has 0 atom stereocenters. The van der Waals surface area contributed by atoms with E-state index in [4.69, 9.17) is 0 Å². The van der Waals surface area contributed by atoms with Crippen LogP contribution >= 0.6 is 0 Å². The summed E-state index contributed by atoms with van der Waals surface area (Å²) in [7, 11) is 0. The predicted molar refractivity (Wildman–Crippen MR) is 77.4 cm³/mol. The van der Waals surface area contributed by atoms with Crippen LogP contribution in [0, 0.1) is 27.7 Å². The summed E-state index contributed by atoms with van der Waals surface area (Å²) >= 11 is 0. The minimum atomic E-state index is 0.806. The molecule has 5 heteroatoms. The molecule has 102 valence electrons. The zero-order chi connectivity index (χ0) is 14.3. The van der Waals surface area contributed by atoms with Crippen molar-refractivity contribution in [1.82, 2.24) is 24.5 Å². The van der Waals surface area contributed by atoms with Gasteiger partial charge in [-0.1, -0.05) is 6.07 Å². The molecule has 0 N–H and O–H groups in total. The third-order valence-electron chi connectivity index (χ3n) is 3.17. The Morgan fingerprint density at radius 2 is 1.20 bits per heavy atom. The van der Waals surface area contributed by atoms with E-state index in [1.807, 2.05) is 67.4 Å². The molecule has 20 heavy (non-hydrogen) atoms. The summed E-state index contributed by atoms with van der Waals surface area (Å²) in [6.07, 6.45) is 0. The van der Waals surface area contributed by atoms with Gasteiger partial charge in [0.2, 0.25) is 0 Å². The van der Waals surface area contributed by atoms with Gasteiger partial charge < -0.3 is 0 Å². The van der Waals surface area contributed by atoms with Crippen LogP contribution in [0.4, 0.5) is 0 Å². The van der Waals surface area contributed by atoms with Crippen LogP contribution in [0.25, 0.3) is 11.6 Å². The Balaban J connectivity index is 2.10. The number of nitrogens with zero attached hydrogens (tertiary/aromatic N) is 5. The molecule has 0 aliphatic carbocycles. The number of pyridine rings is 1. The van der Waals surface area contributed by atoms with Crippen molar-refractivity contribution in [1.29, 1.82) is 0 Å². The second-order valence-electron chi connectivity index (χ2n) is 5.03. The van der Waals surface area contributed by atoms with E-state index in [-0.39, 0.29) is 0 Å². The number of hydrogen-bond donors (Lipinski definition) is 0. The van der Waals surface area contributed by atoms with E-state index in [0.717, 1.165) is 34.4 Å². The van der Waals surface area contributed by atoms with E-state index in [2.05, 4.69) is 15.2 Å². The van der Waals surface area contributed by atoms with Gasteiger partial charge >= 0.3 is 0 Å². The summed E-state index contributed by atoms with van der Waals surface area (Å²) in [5.74, 6) is 1.61. The van der Waals surface area contributed by atoms with Crippen LogP contribution in [0.2, 0.25) is 0 Å². The fraction of sp³-hybridized carbons (Fsp3) is 0.267. The van der Waals surface area contributed by atoms with Crippen molar-refractivity contribution >= 4 is 0 Å². The lowest BCUT2D eigenvalue weighted by Crippen LogP contribution is -2.07. The molecule has 0 spiro atoms. The second-order valence-corrected chi connectivity index (χ2v) is 5.03. The molecule has 0 aliphatic rings. The number of aryl methyl sites for hydroxylation is 4. The zero-order valence-corrected chi connectivity index (χ0v) is 12.1. The largest absolute Gasteiger partial charge is 0.219 e. The maximum Gasteiger partial charge on any atom is 0.156 e. The summed E-state index contributed by atoms with van der Waals surface area (Å²) in [6, 6.07) is 9.96. The third-order valence-corrected chi connectivity index (χ3v) is 3.17. The molecule has 0 fully saturated rings. The highest BCUT2D eigenvalue weighted by Gasteiger charge is 2.09. The molecule has 0 saturated carbocycles. The molecule has 0 saturated heterocycles. The minimum Gasteiger partial charge on any atom is -0.219 e. The van der Waals surface area contributed by atoms with Gasteiger partial charge in [0.25, 0.3) is 0 Å². The van der Waals surface area contributed by atoms with Crippen LogP contribution in [0.15, 0.2) is 30.3 Å². The SMILES string of the molecule is Cc1cc(C)n(-c2cccc(-n3nc(C)cc3C)n2)n1. The van der Waals surface area contributed by atoms with Gasteiger partial charge in [0.15, 0.2) is 11.6 Å². The lowest BCUT2D eigenvalue weighted by molar-refractivity contribution is 0.768. The Bertz CT molecular complexity index is 705. The summed E-state index contributed by atoms with van der Waals surface area (Å²) in [5, 5.41) is 8.93. The van der Waals surface area contributed by atoms with Crippen LogP contribution < -0.4 is 0 Å². The summed E-state index contributed by atoms with van der Waals surface area (Å²) in [4.78, 5) is 4.66. The summed E-state index contributed by atoms with van der Waals surface area (Å²) in [5.41, 5.74) is 4.11. The molecule has 3 heterocycles. The van der Waals surface area contributed by atoms with Crippen molar-refractivity contribution in [2.75, 3.05) is 0 Å². The third kappa shape index (κ3) is 2.11. The van der Waals surface area contributed by atoms with Crippen molar-refractivity contribution in [2.24, 2.45) is 0 Å². The van der Waals surface area contributed by atoms with Gasteiger partial charge in [-0.15, -0.1) is 0 Å². The Morgan fingerprint density at radius 1 is 0.750 bits per heavy atom. The van der Waals surface area contributed by atoms with Gasteiger partial charge in [-0.3, -0.25) is 0 Å². The number of hydrogen-bond acceptors (Lipinski definition) is 3. The molecule has 0 radical (unpaired) electrons. The van der Waals surface area contributed by atoms with E-state index in [0.29, 0.717) is 0 Å². The van der Waals surface area contributed by atoms with Crippen LogP contribution in [0.3, 0.4) is 0 Å². The van der Waals surface area contributed by atoms with Crippen LogP contribution in [0.1, 0.15) is 22.8 Å². The van der Waals surface area contributed by atoms with Crippen LogP contribution in [0.5, 0.6) is 0 Å². The maximum atomic E-state index is 4.66. The highest BCUT2D eigenvalue weighted by molar-refractivity contribution is 5.34. The molecule has 0 aliphatic heterocycles. The van der Waals surface area contributed by atoms with Crippen LogP contribution in [-0.4, -0.2) is 24.5 Å². The Hall–Kier alpha value is -2.43. The Kier molecular flexibility index (Phi) is 2.89. The van der Waals surface area contributed by atoms with Crippen molar-refractivity contribution in [3.8, 4) is 11.6 Å². The van der Waals surface area contributed by atoms with Crippen molar-refractivity contribution in [3.63, 3.8) is 0 Å². The predicted octanol–water partition coefficient (Wildman–Crippen LogP) is 2.69. The first kappa shape index (κ1) is 12.6. The normalized spacial score (nSPS) is 11.0. The number of aromatic nitrogens is 5. The highest BCUT2D eigenvalue weighted by atomic mass is 15.4. The van der Waals surface area contributed by atoms with E-state index in [1.165, 1.54) is 0 Å². The smallest absolute Gasteiger partial charge is 0.156 e. The zero-order valence-electron chi connectivity index (χ0n) is 12.1. The Morgan fingerprint density at radius 3 is 1.55 bits per heavy atom. The van der Waals surface area contributed by atoms with Gasteiger partial charge in [0, 0.05) is 11.4 Å². The lowest BCUT2D eigenvalue weighted by atomic mass is 10.4. The first-order chi connectivity index (χ1) is 9.54. The maximum absolute atomic E-state index is 4.66. The minimum absolute atomic E-state index is 0.806. The van der Waals surface area contributed by atoms with Gasteiger partial charge in [0.05, 0.1) is 11.4 Å². The van der Waals surface area contributed by atoms with Gasteiger partial charge in [-0.25, -0.2) is 14.3 Å². The molecule has 3 rings (SSSR count). The van der Waals surface area contributed by atoms with E-state index < -0.39 is 0 Å². The van der Waals surface area contributed by atoms with E-state index in [9.17, 15) is 0 Å². The molecular formula is C15H17N5. The lowest BCUT2D eigenvalue weighted by Gasteiger charge is -2.07. The average Bonchev–Trinajstić information content (AvgIpc) is 2.91. The van der Waals surface area contributed by atoms with E-state index >= 15 is 0 Å². The van der Waals surface area contributed by atoms with Crippen molar-refractivity contribution in [3.05, 3.63) is 53.1 Å². The fourth-order valence-corrected chi connectivity index (χ4v) is 2.37. The monoisotopic (exact) mass is 267 g/mol. The topological polar surface area (TPSA) is 48.5 Å². The van der Waals surface area contributed by atoms with Crippen LogP contribution in [-0.2, 0) is 0 Å². The molecule has 0 unspecified atom stereocenters. The fourth-order valence-electron chi connectivity index (χ4n) is 2.37. The average molecular weight is 267 g/mol. The van der Waals surface area contributed by atoms with Gasteiger partial charge in [0.1, 0.15) is 0 Å². The quantitative estimate of drug-likeness (QED) is 0.717. The molecule has 0 amide bonds. The summed E-state index contributed by atoms with van der Waals surface area (Å²) < 4.78 is 3.70. The molecule has 3 aromatic rings. The van der Waals surface area contributed by atoms with E-state index in [1.54, 1.807) is 0 Å². The second kappa shape index (κ2) is 4.59.